The molecule has 0 atom stereocenters. The van der Waals surface area contributed by atoms with Crippen molar-refractivity contribution < 1.29 is 18.9 Å². The van der Waals surface area contributed by atoms with Gasteiger partial charge in [0.15, 0.2) is 17.5 Å². The van der Waals surface area contributed by atoms with Crippen molar-refractivity contribution in [2.75, 3.05) is 41.1 Å². The Hall–Kier alpha value is -2.93. The molecule has 0 amide bonds. The standard InChI is InChI=1S/C24H35N3O4/c1-6-25-24(26-16-19-9-11-21(29-4)23(15-19)30-5)27-17-20-10-8-18(2)14-22(20)31-13-7-12-28-3/h8-11,14-15H,6-7,12-13,16-17H2,1-5H3,(H2,25,26,27). The van der Waals surface area contributed by atoms with Gasteiger partial charge in [0.25, 0.3) is 0 Å². The molecule has 7 nitrogen and oxygen atoms in total. The van der Waals surface area contributed by atoms with Gasteiger partial charge in [0.05, 0.1) is 27.4 Å². The van der Waals surface area contributed by atoms with E-state index in [1.54, 1.807) is 21.3 Å². The van der Waals surface area contributed by atoms with E-state index in [2.05, 4.69) is 35.8 Å². The molecular formula is C24H35N3O4. The fraction of sp³-hybridized carbons (Fsp3) is 0.458. The predicted octanol–water partition coefficient (Wildman–Crippen LogP) is 3.68. The molecule has 0 aliphatic carbocycles. The summed E-state index contributed by atoms with van der Waals surface area (Å²) in [5.41, 5.74) is 3.28. The molecule has 7 heteroatoms. The Morgan fingerprint density at radius 1 is 0.903 bits per heavy atom. The summed E-state index contributed by atoms with van der Waals surface area (Å²) in [5, 5.41) is 6.69. The molecule has 2 aromatic carbocycles. The molecule has 0 aliphatic heterocycles. The minimum atomic E-state index is 0.518. The lowest BCUT2D eigenvalue weighted by atomic mass is 10.1. The molecule has 0 fully saturated rings. The Morgan fingerprint density at radius 2 is 1.71 bits per heavy atom. The van der Waals surface area contributed by atoms with E-state index in [0.717, 1.165) is 35.8 Å². The van der Waals surface area contributed by atoms with Gasteiger partial charge in [-0.3, -0.25) is 0 Å². The number of aryl methyl sites for hydroxylation is 1. The second kappa shape index (κ2) is 13.4. The van der Waals surface area contributed by atoms with Crippen LogP contribution in [-0.4, -0.2) is 47.0 Å². The van der Waals surface area contributed by atoms with Crippen molar-refractivity contribution in [2.45, 2.75) is 33.4 Å². The lowest BCUT2D eigenvalue weighted by molar-refractivity contribution is 0.171. The molecular weight excluding hydrogens is 394 g/mol. The van der Waals surface area contributed by atoms with E-state index >= 15 is 0 Å². The first-order valence-corrected chi connectivity index (χ1v) is 10.6. The molecule has 31 heavy (non-hydrogen) atoms. The first-order valence-electron chi connectivity index (χ1n) is 10.6. The lowest BCUT2D eigenvalue weighted by Crippen LogP contribution is -2.36. The highest BCUT2D eigenvalue weighted by atomic mass is 16.5. The number of benzene rings is 2. The zero-order chi connectivity index (χ0) is 22.5. The van der Waals surface area contributed by atoms with Crippen molar-refractivity contribution in [2.24, 2.45) is 4.99 Å². The zero-order valence-electron chi connectivity index (χ0n) is 19.3. The fourth-order valence-corrected chi connectivity index (χ4v) is 3.00. The second-order valence-electron chi connectivity index (χ2n) is 7.04. The Balaban J connectivity index is 2.05. The van der Waals surface area contributed by atoms with Crippen LogP contribution in [0.3, 0.4) is 0 Å². The van der Waals surface area contributed by atoms with Crippen LogP contribution < -0.4 is 24.8 Å². The van der Waals surface area contributed by atoms with E-state index in [4.69, 9.17) is 23.9 Å². The summed E-state index contributed by atoms with van der Waals surface area (Å²) in [6.07, 6.45) is 0.854. The topological polar surface area (TPSA) is 73.3 Å². The zero-order valence-corrected chi connectivity index (χ0v) is 19.3. The van der Waals surface area contributed by atoms with Crippen molar-refractivity contribution >= 4 is 5.96 Å². The summed E-state index contributed by atoms with van der Waals surface area (Å²) in [6, 6.07) is 12.1. The molecule has 0 aromatic heterocycles. The molecule has 170 valence electrons. The van der Waals surface area contributed by atoms with E-state index in [-0.39, 0.29) is 0 Å². The average Bonchev–Trinajstić information content (AvgIpc) is 2.79. The first-order chi connectivity index (χ1) is 15.1. The molecule has 0 saturated carbocycles. The number of nitrogens with one attached hydrogen (secondary N) is 2. The largest absolute Gasteiger partial charge is 0.493 e. The van der Waals surface area contributed by atoms with Gasteiger partial charge in [0.1, 0.15) is 5.75 Å². The van der Waals surface area contributed by atoms with E-state index in [9.17, 15) is 0 Å². The van der Waals surface area contributed by atoms with Crippen molar-refractivity contribution in [1.82, 2.24) is 10.6 Å². The van der Waals surface area contributed by atoms with Gasteiger partial charge in [-0.2, -0.15) is 0 Å². The third kappa shape index (κ3) is 8.02. The van der Waals surface area contributed by atoms with Gasteiger partial charge in [-0.05, 0) is 43.2 Å². The molecule has 0 heterocycles. The molecule has 0 spiro atoms. The molecule has 2 aromatic rings. The third-order valence-corrected chi connectivity index (χ3v) is 4.63. The first kappa shape index (κ1) is 24.3. The molecule has 0 aliphatic rings. The number of hydrogen-bond acceptors (Lipinski definition) is 5. The van der Waals surface area contributed by atoms with Gasteiger partial charge in [0, 0.05) is 38.8 Å². The highest BCUT2D eigenvalue weighted by molar-refractivity contribution is 5.79. The fourth-order valence-electron chi connectivity index (χ4n) is 3.00. The number of aliphatic imine (C=N–C) groups is 1. The van der Waals surface area contributed by atoms with Crippen LogP contribution in [0.5, 0.6) is 17.2 Å². The molecule has 0 bridgehead atoms. The quantitative estimate of drug-likeness (QED) is 0.305. The maximum atomic E-state index is 5.98. The summed E-state index contributed by atoms with van der Waals surface area (Å²) >= 11 is 0. The smallest absolute Gasteiger partial charge is 0.191 e. The molecule has 2 rings (SSSR count). The SMILES string of the molecule is CCNC(=NCc1ccc(OC)c(OC)c1)NCc1ccc(C)cc1OCCCOC. The molecule has 2 N–H and O–H groups in total. The Kier molecular flexibility index (Phi) is 10.5. The summed E-state index contributed by atoms with van der Waals surface area (Å²) in [7, 11) is 4.96. The van der Waals surface area contributed by atoms with Gasteiger partial charge in [-0.1, -0.05) is 18.2 Å². The monoisotopic (exact) mass is 429 g/mol. The van der Waals surface area contributed by atoms with Crippen LogP contribution in [0.15, 0.2) is 41.4 Å². The van der Waals surface area contributed by atoms with Crippen LogP contribution in [-0.2, 0) is 17.8 Å². The molecule has 0 unspecified atom stereocenters. The van der Waals surface area contributed by atoms with Crippen LogP contribution in [0.2, 0.25) is 0 Å². The maximum Gasteiger partial charge on any atom is 0.191 e. The summed E-state index contributed by atoms with van der Waals surface area (Å²) in [6.45, 7) is 7.32. The Morgan fingerprint density at radius 3 is 2.42 bits per heavy atom. The van der Waals surface area contributed by atoms with E-state index in [0.29, 0.717) is 37.8 Å². The number of nitrogens with zero attached hydrogens (tertiary/aromatic N) is 1. The van der Waals surface area contributed by atoms with E-state index in [1.807, 2.05) is 25.1 Å². The second-order valence-corrected chi connectivity index (χ2v) is 7.04. The summed E-state index contributed by atoms with van der Waals surface area (Å²) < 4.78 is 21.8. The predicted molar refractivity (Wildman–Crippen MR) is 124 cm³/mol. The minimum Gasteiger partial charge on any atom is -0.493 e. The number of rotatable bonds is 12. The number of guanidine groups is 1. The van der Waals surface area contributed by atoms with Crippen molar-refractivity contribution in [3.8, 4) is 17.2 Å². The van der Waals surface area contributed by atoms with Gasteiger partial charge in [-0.25, -0.2) is 4.99 Å². The maximum absolute atomic E-state index is 5.98. The molecule has 0 radical (unpaired) electrons. The number of hydrogen-bond donors (Lipinski definition) is 2. The number of ether oxygens (including phenoxy) is 4. The normalized spacial score (nSPS) is 11.2. The van der Waals surface area contributed by atoms with Gasteiger partial charge in [-0.15, -0.1) is 0 Å². The average molecular weight is 430 g/mol. The Bertz CT molecular complexity index is 840. The summed E-state index contributed by atoms with van der Waals surface area (Å²) in [5.74, 6) is 3.03. The van der Waals surface area contributed by atoms with E-state index in [1.165, 1.54) is 5.56 Å². The van der Waals surface area contributed by atoms with Crippen LogP contribution >= 0.6 is 0 Å². The van der Waals surface area contributed by atoms with Crippen molar-refractivity contribution in [3.63, 3.8) is 0 Å². The molecule has 0 saturated heterocycles. The number of methoxy groups -OCH3 is 3. The van der Waals surface area contributed by atoms with Crippen molar-refractivity contribution in [3.05, 3.63) is 53.1 Å². The van der Waals surface area contributed by atoms with Crippen LogP contribution in [0.1, 0.15) is 30.0 Å². The van der Waals surface area contributed by atoms with Crippen LogP contribution in [0.4, 0.5) is 0 Å². The highest BCUT2D eigenvalue weighted by Crippen LogP contribution is 2.27. The van der Waals surface area contributed by atoms with E-state index < -0.39 is 0 Å². The van der Waals surface area contributed by atoms with Gasteiger partial charge < -0.3 is 29.6 Å². The van der Waals surface area contributed by atoms with Crippen LogP contribution in [0, 0.1) is 6.92 Å². The highest BCUT2D eigenvalue weighted by Gasteiger charge is 2.07. The minimum absolute atomic E-state index is 0.518. The summed E-state index contributed by atoms with van der Waals surface area (Å²) in [4.78, 5) is 4.70. The Labute approximate surface area is 185 Å². The third-order valence-electron chi connectivity index (χ3n) is 4.63. The van der Waals surface area contributed by atoms with Gasteiger partial charge in [0.2, 0.25) is 0 Å². The van der Waals surface area contributed by atoms with Crippen molar-refractivity contribution in [1.29, 1.82) is 0 Å². The van der Waals surface area contributed by atoms with Crippen LogP contribution in [0.25, 0.3) is 0 Å². The van der Waals surface area contributed by atoms with Gasteiger partial charge >= 0.3 is 0 Å². The lowest BCUT2D eigenvalue weighted by Gasteiger charge is -2.15.